The number of rotatable bonds is 4. The van der Waals surface area contributed by atoms with E-state index in [0.717, 1.165) is 15.9 Å². The zero-order valence-electron chi connectivity index (χ0n) is 28.2. The van der Waals surface area contributed by atoms with Gasteiger partial charge >= 0.3 is 24.5 Å². The van der Waals surface area contributed by atoms with Crippen LogP contribution in [-0.4, -0.2) is 50.3 Å². The molecule has 0 unspecified atom stereocenters. The van der Waals surface area contributed by atoms with Crippen molar-refractivity contribution in [3.05, 3.63) is 50.4 Å². The minimum atomic E-state index is -4.73. The van der Waals surface area contributed by atoms with Gasteiger partial charge in [0, 0.05) is 15.2 Å². The Balaban J connectivity index is 2.21. The van der Waals surface area contributed by atoms with Crippen LogP contribution in [0.25, 0.3) is 10.8 Å². The Morgan fingerprint density at radius 2 is 1.30 bits per heavy atom. The minimum Gasteiger partial charge on any atom is -0.443 e. The predicted octanol–water partition coefficient (Wildman–Crippen LogP) is 8.88. The number of ether oxygens (including phenoxy) is 3. The topological polar surface area (TPSA) is 124 Å². The largest absolute Gasteiger partial charge is 0.443 e. The number of imide groups is 1. The zero-order valence-corrected chi connectivity index (χ0v) is 30.4. The van der Waals surface area contributed by atoms with Crippen molar-refractivity contribution in [2.75, 3.05) is 9.80 Å². The van der Waals surface area contributed by atoms with E-state index in [1.54, 1.807) is 88.3 Å². The van der Waals surface area contributed by atoms with Crippen molar-refractivity contribution in [3.63, 3.8) is 0 Å². The summed E-state index contributed by atoms with van der Waals surface area (Å²) in [4.78, 5) is 46.5. The maximum absolute atomic E-state index is 13.5. The fourth-order valence-corrected chi connectivity index (χ4v) is 5.07. The number of aryl methyl sites for hydroxylation is 2. The van der Waals surface area contributed by atoms with Crippen molar-refractivity contribution >= 4 is 63.3 Å². The molecule has 0 aliphatic rings. The highest BCUT2D eigenvalue weighted by molar-refractivity contribution is 14.1. The number of amides is 3. The molecule has 15 heteroatoms. The van der Waals surface area contributed by atoms with E-state index in [1.807, 2.05) is 0 Å². The molecule has 0 radical (unpaired) electrons. The molecule has 0 aliphatic carbocycles. The number of aromatic nitrogens is 3. The third-order valence-corrected chi connectivity index (χ3v) is 7.06. The summed E-state index contributed by atoms with van der Waals surface area (Å²) >= 11 is 1.50. The van der Waals surface area contributed by atoms with Gasteiger partial charge in [0.2, 0.25) is 0 Å². The molecule has 0 bridgehead atoms. The van der Waals surface area contributed by atoms with Gasteiger partial charge in [-0.1, -0.05) is 0 Å². The number of benzene rings is 1. The third-order valence-electron chi connectivity index (χ3n) is 6.24. The van der Waals surface area contributed by atoms with Crippen LogP contribution in [0.1, 0.15) is 84.7 Å². The van der Waals surface area contributed by atoms with Crippen LogP contribution in [0.2, 0.25) is 0 Å². The van der Waals surface area contributed by atoms with E-state index < -0.39 is 47.0 Å². The van der Waals surface area contributed by atoms with Gasteiger partial charge in [-0.2, -0.15) is 18.1 Å². The quantitative estimate of drug-likeness (QED) is 0.189. The number of pyridine rings is 1. The van der Waals surface area contributed by atoms with E-state index in [0.29, 0.717) is 27.5 Å². The molecule has 0 saturated carbocycles. The molecule has 3 rings (SSSR count). The number of halogens is 4. The fourth-order valence-electron chi connectivity index (χ4n) is 4.38. The maximum Gasteiger partial charge on any atom is 0.436 e. The van der Waals surface area contributed by atoms with Crippen molar-refractivity contribution in [1.82, 2.24) is 15.2 Å². The van der Waals surface area contributed by atoms with Crippen molar-refractivity contribution < 1.29 is 41.8 Å². The minimum absolute atomic E-state index is 0.0316. The summed E-state index contributed by atoms with van der Waals surface area (Å²) in [6.07, 6.45) is -6.14. The number of carbonyl (C=O) groups is 3. The smallest absolute Gasteiger partial charge is 0.436 e. The van der Waals surface area contributed by atoms with Crippen molar-refractivity contribution in [1.29, 1.82) is 0 Å². The lowest BCUT2D eigenvalue weighted by Crippen LogP contribution is -2.44. The van der Waals surface area contributed by atoms with Crippen LogP contribution in [0.5, 0.6) is 0 Å². The van der Waals surface area contributed by atoms with Crippen molar-refractivity contribution in [2.24, 2.45) is 0 Å². The molecule has 11 nitrogen and oxygen atoms in total. The van der Waals surface area contributed by atoms with Crippen LogP contribution >= 0.6 is 22.6 Å². The molecule has 0 atom stereocenters. The molecule has 3 aromatic rings. The second-order valence-electron chi connectivity index (χ2n) is 13.8. The molecule has 0 N–H and O–H groups in total. The molecule has 2 heterocycles. The number of nitrogens with zero attached hydrogens (tertiary/aromatic N) is 5. The highest BCUT2D eigenvalue weighted by Crippen LogP contribution is 2.35. The summed E-state index contributed by atoms with van der Waals surface area (Å²) in [5, 5.41) is 8.09. The summed E-state index contributed by atoms with van der Waals surface area (Å²) in [5.74, 6) is -0.178. The lowest BCUT2D eigenvalue weighted by Gasteiger charge is -2.29. The van der Waals surface area contributed by atoms with Crippen LogP contribution in [0.3, 0.4) is 0 Å². The average molecular weight is 774 g/mol. The number of fused-ring (bicyclic) bond motifs is 1. The fraction of sp³-hybridized carbons (Fsp3) is 0.500. The first-order valence-electron chi connectivity index (χ1n) is 14.5. The van der Waals surface area contributed by atoms with Gasteiger partial charge in [0.1, 0.15) is 16.8 Å². The Morgan fingerprint density at radius 3 is 1.77 bits per heavy atom. The molecule has 1 aromatic carbocycles. The van der Waals surface area contributed by atoms with Crippen LogP contribution in [0.4, 0.5) is 39.2 Å². The molecule has 2 aromatic heterocycles. The van der Waals surface area contributed by atoms with Crippen molar-refractivity contribution in [3.8, 4) is 0 Å². The third kappa shape index (κ3) is 9.64. The number of hydrogen-bond donors (Lipinski definition) is 0. The van der Waals surface area contributed by atoms with Gasteiger partial charge in [-0.25, -0.2) is 19.4 Å². The molecule has 0 fully saturated rings. The second kappa shape index (κ2) is 13.4. The molecule has 0 aliphatic heterocycles. The summed E-state index contributed by atoms with van der Waals surface area (Å²) in [7, 11) is 0. The highest BCUT2D eigenvalue weighted by Gasteiger charge is 2.38. The lowest BCUT2D eigenvalue weighted by molar-refractivity contribution is -0.142. The average Bonchev–Trinajstić information content (AvgIpc) is 2.85. The Labute approximate surface area is 285 Å². The van der Waals surface area contributed by atoms with E-state index in [-0.39, 0.29) is 21.8 Å². The van der Waals surface area contributed by atoms with Gasteiger partial charge in [-0.3, -0.25) is 4.90 Å². The van der Waals surface area contributed by atoms with Gasteiger partial charge in [-0.15, -0.1) is 10.2 Å². The monoisotopic (exact) mass is 773 g/mol. The first-order chi connectivity index (χ1) is 21.3. The van der Waals surface area contributed by atoms with Crippen molar-refractivity contribution in [2.45, 2.75) is 106 Å². The molecule has 256 valence electrons. The van der Waals surface area contributed by atoms with Gasteiger partial charge in [0.15, 0.2) is 17.3 Å². The summed E-state index contributed by atoms with van der Waals surface area (Å²) in [5.41, 5.74) is -2.12. The standard InChI is InChI=1S/C32H39F3IN5O6/c1-17-14-20-19(12-13-37-25(20)41(27(43)46-30(6,7)8)28(44)47-31(9,10)11)18(2)21(17)16-40(26(42)45-29(3,4)5)23-15-22(36)24(39-38-23)32(33,34)35/h12-15H,16H2,1-11H3. The lowest BCUT2D eigenvalue weighted by atomic mass is 9.95. The van der Waals surface area contributed by atoms with Crippen LogP contribution < -0.4 is 9.80 Å². The molecule has 0 spiro atoms. The molecule has 3 amide bonds. The predicted molar refractivity (Wildman–Crippen MR) is 178 cm³/mol. The Kier molecular flexibility index (Phi) is 10.7. The summed E-state index contributed by atoms with van der Waals surface area (Å²) in [6, 6.07) is 4.49. The normalized spacial score (nSPS) is 12.5. The molecule has 47 heavy (non-hydrogen) atoms. The zero-order chi connectivity index (χ0) is 35.9. The van der Waals surface area contributed by atoms with Gasteiger partial charge < -0.3 is 14.2 Å². The van der Waals surface area contributed by atoms with Gasteiger partial charge in [0.05, 0.1) is 6.54 Å². The van der Waals surface area contributed by atoms with Crippen LogP contribution in [0, 0.1) is 17.4 Å². The van der Waals surface area contributed by atoms with Gasteiger partial charge in [0.25, 0.3) is 0 Å². The molecule has 0 saturated heterocycles. The number of alkyl halides is 3. The van der Waals surface area contributed by atoms with Gasteiger partial charge in [-0.05, 0) is 139 Å². The Hall–Kier alpha value is -3.76. The number of carbonyl (C=O) groups excluding carboxylic acids is 3. The van der Waals surface area contributed by atoms with Crippen LogP contribution in [0.15, 0.2) is 24.4 Å². The molecular weight excluding hydrogens is 734 g/mol. The SMILES string of the molecule is Cc1cc2c(N(C(=O)OC(C)(C)C)C(=O)OC(C)(C)C)nccc2c(C)c1CN(C(=O)OC(C)(C)C)c1cc(I)c(C(F)(F)F)nn1. The molecular formula is C32H39F3IN5O6. The number of hydrogen-bond acceptors (Lipinski definition) is 9. The summed E-state index contributed by atoms with van der Waals surface area (Å²) < 4.78 is 56.7. The Bertz CT molecular complexity index is 1670. The second-order valence-corrected chi connectivity index (χ2v) is 14.9. The van der Waals surface area contributed by atoms with E-state index in [9.17, 15) is 27.6 Å². The summed E-state index contributed by atoms with van der Waals surface area (Å²) in [6.45, 7) is 18.3. The van der Waals surface area contributed by atoms with Crippen LogP contribution in [-0.2, 0) is 26.9 Å². The highest BCUT2D eigenvalue weighted by atomic mass is 127. The maximum atomic E-state index is 13.5. The first kappa shape index (κ1) is 37.7. The van der Waals surface area contributed by atoms with E-state index in [1.165, 1.54) is 28.8 Å². The van der Waals surface area contributed by atoms with E-state index in [2.05, 4.69) is 15.2 Å². The Morgan fingerprint density at radius 1 is 0.787 bits per heavy atom. The number of anilines is 2. The van der Waals surface area contributed by atoms with E-state index in [4.69, 9.17) is 14.2 Å². The first-order valence-corrected chi connectivity index (χ1v) is 15.6. The van der Waals surface area contributed by atoms with E-state index >= 15 is 0 Å².